The normalized spacial score (nSPS) is 12.3. The van der Waals surface area contributed by atoms with Crippen LogP contribution in [-0.4, -0.2) is 24.5 Å². The number of amides is 1. The first kappa shape index (κ1) is 20.2. The van der Waals surface area contributed by atoms with Gasteiger partial charge in [-0.1, -0.05) is 0 Å². The highest BCUT2D eigenvalue weighted by Crippen LogP contribution is 2.37. The van der Waals surface area contributed by atoms with Crippen molar-refractivity contribution >= 4 is 22.4 Å². The number of likely N-dealkylation sites (N-methyl/N-ethyl adjacent to an activating group) is 1. The third kappa shape index (κ3) is 5.43. The van der Waals surface area contributed by atoms with Crippen LogP contribution in [0.15, 0.2) is 24.4 Å². The number of nitrogens with zero attached hydrogens (tertiary/aromatic N) is 1. The summed E-state index contributed by atoms with van der Waals surface area (Å²) in [6.07, 6.45) is -8.66. The molecule has 11 heteroatoms. The molecule has 1 aromatic heterocycles. The average Bonchev–Trinajstić information content (AvgIpc) is 2.92. The van der Waals surface area contributed by atoms with Crippen molar-refractivity contribution in [3.8, 4) is 0 Å². The highest BCUT2D eigenvalue weighted by atomic mass is 32.1. The van der Waals surface area contributed by atoms with Gasteiger partial charge in [-0.3, -0.25) is 4.79 Å². The number of hydrogen-bond donors (Lipinski definition) is 2. The van der Waals surface area contributed by atoms with Gasteiger partial charge < -0.3 is 10.6 Å². The molecule has 2 rings (SSSR count). The fourth-order valence-electron chi connectivity index (χ4n) is 2.09. The second-order valence-corrected chi connectivity index (χ2v) is 6.42. The van der Waals surface area contributed by atoms with Gasteiger partial charge in [0.2, 0.25) is 5.91 Å². The third-order valence-electron chi connectivity index (χ3n) is 3.16. The van der Waals surface area contributed by atoms with Crippen LogP contribution in [0.2, 0.25) is 0 Å². The molecule has 142 valence electrons. The molecule has 0 aliphatic heterocycles. The van der Waals surface area contributed by atoms with Crippen molar-refractivity contribution in [1.82, 2.24) is 10.3 Å². The molecule has 0 spiro atoms. The number of alkyl halides is 6. The van der Waals surface area contributed by atoms with Crippen molar-refractivity contribution in [2.45, 2.75) is 18.8 Å². The molecule has 0 aliphatic rings. The Balaban J connectivity index is 2.26. The van der Waals surface area contributed by atoms with E-state index in [1.165, 1.54) is 6.20 Å². The summed E-state index contributed by atoms with van der Waals surface area (Å²) < 4.78 is 77.2. The maximum atomic E-state index is 12.9. The zero-order valence-electron chi connectivity index (χ0n) is 13.3. The topological polar surface area (TPSA) is 54.0 Å². The molecule has 0 bridgehead atoms. The van der Waals surface area contributed by atoms with Gasteiger partial charge in [0.05, 0.1) is 17.7 Å². The Morgan fingerprint density at radius 1 is 1.08 bits per heavy atom. The Bertz CT molecular complexity index is 752. The van der Waals surface area contributed by atoms with Gasteiger partial charge in [-0.25, -0.2) is 4.98 Å². The molecule has 1 heterocycles. The Kier molecular flexibility index (Phi) is 5.91. The van der Waals surface area contributed by atoms with Crippen molar-refractivity contribution in [1.29, 1.82) is 0 Å². The van der Waals surface area contributed by atoms with Gasteiger partial charge in [-0.15, -0.1) is 11.3 Å². The maximum absolute atomic E-state index is 12.9. The van der Waals surface area contributed by atoms with E-state index in [2.05, 4.69) is 15.6 Å². The Morgan fingerprint density at radius 3 is 2.15 bits per heavy atom. The predicted octanol–water partition coefficient (Wildman–Crippen LogP) is 3.93. The molecule has 26 heavy (non-hydrogen) atoms. The SMILES string of the molecule is CNCC(=O)Nc1ncc(Cc2cc(C(F)(F)F)cc(C(F)(F)F)c2)s1. The smallest absolute Gasteiger partial charge is 0.311 e. The summed E-state index contributed by atoms with van der Waals surface area (Å²) >= 11 is 0.975. The van der Waals surface area contributed by atoms with E-state index in [0.29, 0.717) is 17.0 Å². The summed E-state index contributed by atoms with van der Waals surface area (Å²) in [5.41, 5.74) is -2.88. The summed E-state index contributed by atoms with van der Waals surface area (Å²) in [5.74, 6) is -0.369. The number of carbonyl (C=O) groups excluding carboxylic acids is 1. The lowest BCUT2D eigenvalue weighted by Gasteiger charge is -2.13. The summed E-state index contributed by atoms with van der Waals surface area (Å²) in [4.78, 5) is 15.7. The number of anilines is 1. The predicted molar refractivity (Wildman–Crippen MR) is 83.9 cm³/mol. The van der Waals surface area contributed by atoms with Crippen LogP contribution < -0.4 is 10.6 Å². The van der Waals surface area contributed by atoms with Gasteiger partial charge in [0.25, 0.3) is 0 Å². The van der Waals surface area contributed by atoms with Gasteiger partial charge in [0.1, 0.15) is 0 Å². The first-order valence-corrected chi connectivity index (χ1v) is 7.98. The molecule has 0 atom stereocenters. The van der Waals surface area contributed by atoms with Gasteiger partial charge in [-0.05, 0) is 30.8 Å². The number of rotatable bonds is 5. The lowest BCUT2D eigenvalue weighted by Crippen LogP contribution is -2.24. The highest BCUT2D eigenvalue weighted by molar-refractivity contribution is 7.15. The largest absolute Gasteiger partial charge is 0.416 e. The van der Waals surface area contributed by atoms with Gasteiger partial charge in [-0.2, -0.15) is 26.3 Å². The molecule has 0 unspecified atom stereocenters. The van der Waals surface area contributed by atoms with E-state index < -0.39 is 23.5 Å². The van der Waals surface area contributed by atoms with Gasteiger partial charge >= 0.3 is 12.4 Å². The van der Waals surface area contributed by atoms with Crippen molar-refractivity contribution in [2.24, 2.45) is 0 Å². The second kappa shape index (κ2) is 7.62. The number of nitrogens with one attached hydrogen (secondary N) is 2. The molecular weight excluding hydrogens is 384 g/mol. The molecule has 0 fully saturated rings. The number of aromatic nitrogens is 1. The van der Waals surface area contributed by atoms with Crippen LogP contribution in [-0.2, 0) is 23.6 Å². The number of carbonyl (C=O) groups is 1. The van der Waals surface area contributed by atoms with E-state index in [4.69, 9.17) is 0 Å². The fourth-order valence-corrected chi connectivity index (χ4v) is 2.96. The zero-order chi connectivity index (χ0) is 19.5. The lowest BCUT2D eigenvalue weighted by atomic mass is 10.0. The molecule has 0 saturated carbocycles. The number of thiazole rings is 1. The first-order valence-electron chi connectivity index (χ1n) is 7.16. The Labute approximate surface area is 148 Å². The van der Waals surface area contributed by atoms with E-state index in [-0.39, 0.29) is 35.6 Å². The number of hydrogen-bond acceptors (Lipinski definition) is 4. The lowest BCUT2D eigenvalue weighted by molar-refractivity contribution is -0.143. The average molecular weight is 397 g/mol. The number of halogens is 6. The molecule has 2 N–H and O–H groups in total. The van der Waals surface area contributed by atoms with Crippen molar-refractivity contribution in [3.05, 3.63) is 46.0 Å². The van der Waals surface area contributed by atoms with Crippen LogP contribution in [0.4, 0.5) is 31.5 Å². The van der Waals surface area contributed by atoms with Gasteiger partial charge in [0, 0.05) is 17.5 Å². The van der Waals surface area contributed by atoms with Crippen molar-refractivity contribution < 1.29 is 31.1 Å². The van der Waals surface area contributed by atoms with Crippen molar-refractivity contribution in [3.63, 3.8) is 0 Å². The standard InChI is InChI=1S/C15H13F6N3OS/c1-22-7-12(25)24-13-23-6-11(26-13)4-8-2-9(14(16,17)18)5-10(3-8)15(19,20)21/h2-3,5-6,22H,4,7H2,1H3,(H,23,24,25). The summed E-state index contributed by atoms with van der Waals surface area (Å²) in [5, 5.41) is 5.30. The maximum Gasteiger partial charge on any atom is 0.416 e. The minimum atomic E-state index is -4.89. The molecule has 1 amide bonds. The molecule has 0 radical (unpaired) electrons. The second-order valence-electron chi connectivity index (χ2n) is 5.30. The molecule has 0 aliphatic carbocycles. The molecule has 1 aromatic carbocycles. The van der Waals surface area contributed by atoms with E-state index in [1.54, 1.807) is 7.05 Å². The minimum Gasteiger partial charge on any atom is -0.311 e. The van der Waals surface area contributed by atoms with Crippen LogP contribution in [0.3, 0.4) is 0 Å². The summed E-state index contributed by atoms with van der Waals surface area (Å²) in [7, 11) is 1.57. The van der Waals surface area contributed by atoms with Crippen LogP contribution in [0, 0.1) is 0 Å². The van der Waals surface area contributed by atoms with Crippen LogP contribution in [0.1, 0.15) is 21.6 Å². The van der Waals surface area contributed by atoms with Crippen LogP contribution in [0.5, 0.6) is 0 Å². The molecule has 2 aromatic rings. The van der Waals surface area contributed by atoms with Crippen LogP contribution in [0.25, 0.3) is 0 Å². The van der Waals surface area contributed by atoms with E-state index in [1.807, 2.05) is 0 Å². The van der Waals surface area contributed by atoms with Crippen molar-refractivity contribution in [2.75, 3.05) is 18.9 Å². The van der Waals surface area contributed by atoms with E-state index in [9.17, 15) is 31.1 Å². The molecular formula is C15H13F6N3OS. The summed E-state index contributed by atoms with van der Waals surface area (Å²) in [6, 6.07) is 1.43. The van der Waals surface area contributed by atoms with E-state index in [0.717, 1.165) is 11.3 Å². The zero-order valence-corrected chi connectivity index (χ0v) is 14.1. The van der Waals surface area contributed by atoms with E-state index >= 15 is 0 Å². The van der Waals surface area contributed by atoms with Gasteiger partial charge in [0.15, 0.2) is 5.13 Å². The summed E-state index contributed by atoms with van der Waals surface area (Å²) in [6.45, 7) is 0.0392. The molecule has 4 nitrogen and oxygen atoms in total. The Morgan fingerprint density at radius 2 is 1.65 bits per heavy atom. The first-order chi connectivity index (χ1) is 12.0. The number of benzene rings is 1. The highest BCUT2D eigenvalue weighted by Gasteiger charge is 2.36. The molecule has 0 saturated heterocycles. The van der Waals surface area contributed by atoms with Crippen LogP contribution >= 0.6 is 11.3 Å². The third-order valence-corrected chi connectivity index (χ3v) is 4.08. The monoisotopic (exact) mass is 397 g/mol. The quantitative estimate of drug-likeness (QED) is 0.752. The fraction of sp³-hybridized carbons (Fsp3) is 0.333. The Hall–Kier alpha value is -2.14. The minimum absolute atomic E-state index is 0.0392.